The molecule has 6 nitrogen and oxygen atoms in total. The Bertz CT molecular complexity index is 540. The molecule has 2 N–H and O–H groups in total. The summed E-state index contributed by atoms with van der Waals surface area (Å²) >= 11 is 0. The average Bonchev–Trinajstić information content (AvgIpc) is 2.98. The molecule has 1 aliphatic rings. The van der Waals surface area contributed by atoms with E-state index < -0.39 is 5.54 Å². The Labute approximate surface area is 105 Å². The van der Waals surface area contributed by atoms with Crippen LogP contribution in [0, 0.1) is 6.92 Å². The lowest BCUT2D eigenvalue weighted by atomic mass is 9.82. The standard InChI is InChI=1S/C12H16N4O2/c1-8-14-9(7-17-8)10-15-11(18-16-10)12(13)5-3-2-4-6-12/h7H,2-6,13H2,1H3. The number of aromatic nitrogens is 3. The second kappa shape index (κ2) is 4.20. The summed E-state index contributed by atoms with van der Waals surface area (Å²) in [6.45, 7) is 1.77. The first-order valence-corrected chi connectivity index (χ1v) is 6.23. The van der Waals surface area contributed by atoms with Gasteiger partial charge in [-0.05, 0) is 12.8 Å². The van der Waals surface area contributed by atoms with Crippen LogP contribution in [-0.2, 0) is 5.54 Å². The minimum atomic E-state index is -0.470. The zero-order valence-corrected chi connectivity index (χ0v) is 10.3. The largest absolute Gasteiger partial charge is 0.449 e. The summed E-state index contributed by atoms with van der Waals surface area (Å²) in [5.41, 5.74) is 6.45. The average molecular weight is 248 g/mol. The van der Waals surface area contributed by atoms with Crippen LogP contribution in [0.25, 0.3) is 11.5 Å². The quantitative estimate of drug-likeness (QED) is 0.875. The van der Waals surface area contributed by atoms with Crippen LogP contribution in [0.3, 0.4) is 0 Å². The van der Waals surface area contributed by atoms with Gasteiger partial charge in [-0.25, -0.2) is 4.98 Å². The SMILES string of the molecule is Cc1nc(-c2noc(C3(N)CCCCC3)n2)co1. The van der Waals surface area contributed by atoms with Gasteiger partial charge in [-0.1, -0.05) is 24.4 Å². The first-order chi connectivity index (χ1) is 8.67. The van der Waals surface area contributed by atoms with Crippen molar-refractivity contribution in [3.63, 3.8) is 0 Å². The summed E-state index contributed by atoms with van der Waals surface area (Å²) in [6.07, 6.45) is 6.75. The van der Waals surface area contributed by atoms with Crippen molar-refractivity contribution in [1.82, 2.24) is 15.1 Å². The predicted octanol–water partition coefficient (Wildman–Crippen LogP) is 2.15. The Morgan fingerprint density at radius 2 is 2.00 bits per heavy atom. The summed E-state index contributed by atoms with van der Waals surface area (Å²) in [6, 6.07) is 0. The molecule has 1 fully saturated rings. The number of nitrogens with two attached hydrogens (primary N) is 1. The molecule has 0 spiro atoms. The van der Waals surface area contributed by atoms with E-state index in [1.807, 2.05) is 0 Å². The highest BCUT2D eigenvalue weighted by Gasteiger charge is 2.35. The summed E-state index contributed by atoms with van der Waals surface area (Å²) in [5.74, 6) is 1.53. The molecule has 0 unspecified atom stereocenters. The van der Waals surface area contributed by atoms with Gasteiger partial charge >= 0.3 is 0 Å². The van der Waals surface area contributed by atoms with Crippen LogP contribution >= 0.6 is 0 Å². The molecule has 1 aliphatic carbocycles. The molecular formula is C12H16N4O2. The molecule has 6 heteroatoms. The summed E-state index contributed by atoms with van der Waals surface area (Å²) in [4.78, 5) is 8.53. The lowest BCUT2D eigenvalue weighted by molar-refractivity contribution is 0.220. The third-order valence-corrected chi connectivity index (χ3v) is 3.45. The van der Waals surface area contributed by atoms with Crippen molar-refractivity contribution in [3.05, 3.63) is 18.0 Å². The first kappa shape index (κ1) is 11.4. The number of hydrogen-bond acceptors (Lipinski definition) is 6. The molecule has 96 valence electrons. The molecule has 2 aromatic rings. The highest BCUT2D eigenvalue weighted by molar-refractivity contribution is 5.45. The van der Waals surface area contributed by atoms with E-state index >= 15 is 0 Å². The fraction of sp³-hybridized carbons (Fsp3) is 0.583. The maximum absolute atomic E-state index is 6.34. The van der Waals surface area contributed by atoms with Crippen LogP contribution in [-0.4, -0.2) is 15.1 Å². The minimum absolute atomic E-state index is 0.442. The van der Waals surface area contributed by atoms with E-state index in [9.17, 15) is 0 Å². The normalized spacial score (nSPS) is 19.0. The molecular weight excluding hydrogens is 232 g/mol. The molecule has 3 rings (SSSR count). The predicted molar refractivity (Wildman–Crippen MR) is 63.5 cm³/mol. The van der Waals surface area contributed by atoms with E-state index in [1.165, 1.54) is 12.7 Å². The van der Waals surface area contributed by atoms with Crippen LogP contribution in [0.2, 0.25) is 0 Å². The summed E-state index contributed by atoms with van der Waals surface area (Å²) in [5, 5.41) is 3.93. The van der Waals surface area contributed by atoms with Crippen LogP contribution in [0.15, 0.2) is 15.2 Å². The lowest BCUT2D eigenvalue weighted by Gasteiger charge is -2.29. The van der Waals surface area contributed by atoms with E-state index in [4.69, 9.17) is 14.7 Å². The topological polar surface area (TPSA) is 91.0 Å². The molecule has 0 amide bonds. The first-order valence-electron chi connectivity index (χ1n) is 6.23. The van der Waals surface area contributed by atoms with Crippen molar-refractivity contribution < 1.29 is 8.94 Å². The van der Waals surface area contributed by atoms with Gasteiger partial charge in [0.2, 0.25) is 11.7 Å². The molecule has 2 aromatic heterocycles. The number of oxazole rings is 1. The molecule has 1 saturated carbocycles. The van der Waals surface area contributed by atoms with Crippen LogP contribution in [0.1, 0.15) is 43.9 Å². The molecule has 0 radical (unpaired) electrons. The molecule has 0 bridgehead atoms. The number of hydrogen-bond donors (Lipinski definition) is 1. The number of aryl methyl sites for hydroxylation is 1. The number of rotatable bonds is 2. The monoisotopic (exact) mass is 248 g/mol. The van der Waals surface area contributed by atoms with Crippen LogP contribution in [0.5, 0.6) is 0 Å². The zero-order chi connectivity index (χ0) is 12.6. The van der Waals surface area contributed by atoms with Gasteiger partial charge in [0.15, 0.2) is 5.89 Å². The van der Waals surface area contributed by atoms with E-state index in [1.54, 1.807) is 6.92 Å². The van der Waals surface area contributed by atoms with Gasteiger partial charge in [0, 0.05) is 6.92 Å². The summed E-state index contributed by atoms with van der Waals surface area (Å²) in [7, 11) is 0. The molecule has 0 atom stereocenters. The maximum Gasteiger partial charge on any atom is 0.247 e. The van der Waals surface area contributed by atoms with Gasteiger partial charge in [-0.2, -0.15) is 4.98 Å². The smallest absolute Gasteiger partial charge is 0.247 e. The van der Waals surface area contributed by atoms with Gasteiger partial charge in [-0.15, -0.1) is 0 Å². The van der Waals surface area contributed by atoms with Gasteiger partial charge in [0.25, 0.3) is 0 Å². The lowest BCUT2D eigenvalue weighted by Crippen LogP contribution is -2.38. The third-order valence-electron chi connectivity index (χ3n) is 3.45. The Hall–Kier alpha value is -1.69. The zero-order valence-electron chi connectivity index (χ0n) is 10.3. The minimum Gasteiger partial charge on any atom is -0.449 e. The maximum atomic E-state index is 6.34. The molecule has 0 aromatic carbocycles. The molecule has 0 aliphatic heterocycles. The summed E-state index contributed by atoms with van der Waals surface area (Å²) < 4.78 is 10.4. The van der Waals surface area contributed by atoms with E-state index in [0.717, 1.165) is 25.7 Å². The van der Waals surface area contributed by atoms with Crippen molar-refractivity contribution >= 4 is 0 Å². The fourth-order valence-corrected chi connectivity index (χ4v) is 2.39. The Balaban J connectivity index is 1.89. The van der Waals surface area contributed by atoms with Crippen molar-refractivity contribution in [2.75, 3.05) is 0 Å². The van der Waals surface area contributed by atoms with Gasteiger partial charge < -0.3 is 14.7 Å². The highest BCUT2D eigenvalue weighted by atomic mass is 16.5. The van der Waals surface area contributed by atoms with Crippen molar-refractivity contribution in [2.24, 2.45) is 5.73 Å². The van der Waals surface area contributed by atoms with Crippen molar-refractivity contribution in [2.45, 2.75) is 44.6 Å². The molecule has 2 heterocycles. The van der Waals surface area contributed by atoms with E-state index in [-0.39, 0.29) is 0 Å². The molecule has 18 heavy (non-hydrogen) atoms. The van der Waals surface area contributed by atoms with Crippen LogP contribution < -0.4 is 5.73 Å². The van der Waals surface area contributed by atoms with E-state index in [0.29, 0.717) is 23.3 Å². The second-order valence-corrected chi connectivity index (χ2v) is 4.89. The van der Waals surface area contributed by atoms with Crippen molar-refractivity contribution in [3.8, 4) is 11.5 Å². The van der Waals surface area contributed by atoms with E-state index in [2.05, 4.69) is 15.1 Å². The Morgan fingerprint density at radius 3 is 2.67 bits per heavy atom. The van der Waals surface area contributed by atoms with Gasteiger partial charge in [0.05, 0.1) is 5.54 Å². The van der Waals surface area contributed by atoms with Gasteiger partial charge in [0.1, 0.15) is 12.0 Å². The fourth-order valence-electron chi connectivity index (χ4n) is 2.39. The van der Waals surface area contributed by atoms with Crippen LogP contribution in [0.4, 0.5) is 0 Å². The number of nitrogens with zero attached hydrogens (tertiary/aromatic N) is 3. The van der Waals surface area contributed by atoms with Gasteiger partial charge in [-0.3, -0.25) is 0 Å². The second-order valence-electron chi connectivity index (χ2n) is 4.89. The Morgan fingerprint density at radius 1 is 1.22 bits per heavy atom. The molecule has 0 saturated heterocycles. The third kappa shape index (κ3) is 1.92. The highest BCUT2D eigenvalue weighted by Crippen LogP contribution is 2.34. The van der Waals surface area contributed by atoms with Crippen molar-refractivity contribution in [1.29, 1.82) is 0 Å². The Kier molecular flexibility index (Phi) is 2.66.